The Balaban J connectivity index is 1.57. The maximum atomic E-state index is 12.9. The minimum absolute atomic E-state index is 0.0667. The molecular weight excluding hydrogens is 398 g/mol. The highest BCUT2D eigenvalue weighted by molar-refractivity contribution is 6.03. The van der Waals surface area contributed by atoms with Crippen molar-refractivity contribution in [2.24, 2.45) is 0 Å². The van der Waals surface area contributed by atoms with E-state index < -0.39 is 0 Å². The highest BCUT2D eigenvalue weighted by atomic mass is 16.5. The number of anilines is 1. The van der Waals surface area contributed by atoms with E-state index >= 15 is 0 Å². The Labute approximate surface area is 191 Å². The largest absolute Gasteiger partial charge is 0.496 e. The van der Waals surface area contributed by atoms with Crippen molar-refractivity contribution in [1.29, 1.82) is 0 Å². The molecule has 0 bridgehead atoms. The minimum Gasteiger partial charge on any atom is -0.496 e. The van der Waals surface area contributed by atoms with Gasteiger partial charge in [-0.2, -0.15) is 0 Å². The number of ether oxygens (including phenoxy) is 1. The summed E-state index contributed by atoms with van der Waals surface area (Å²) in [7, 11) is 5.90. The Kier molecular flexibility index (Phi) is 6.38. The number of rotatable bonds is 8. The second-order valence-electron chi connectivity index (χ2n) is 8.98. The molecule has 5 nitrogen and oxygen atoms in total. The van der Waals surface area contributed by atoms with Gasteiger partial charge < -0.3 is 19.5 Å². The van der Waals surface area contributed by atoms with Crippen molar-refractivity contribution < 1.29 is 9.53 Å². The highest BCUT2D eigenvalue weighted by Gasteiger charge is 2.31. The summed E-state index contributed by atoms with van der Waals surface area (Å²) in [5, 5.41) is 3.10. The van der Waals surface area contributed by atoms with Crippen LogP contribution in [0.4, 0.5) is 5.69 Å². The van der Waals surface area contributed by atoms with Gasteiger partial charge in [0.2, 0.25) is 5.91 Å². The second-order valence-corrected chi connectivity index (χ2v) is 8.98. The predicted molar refractivity (Wildman–Crippen MR) is 131 cm³/mol. The number of aryl methyl sites for hydroxylation is 1. The number of amides is 1. The molecule has 0 radical (unpaired) electrons. The number of methoxy groups -OCH3 is 1. The Morgan fingerprint density at radius 1 is 1.12 bits per heavy atom. The van der Waals surface area contributed by atoms with Crippen LogP contribution >= 0.6 is 0 Å². The van der Waals surface area contributed by atoms with Gasteiger partial charge >= 0.3 is 0 Å². The van der Waals surface area contributed by atoms with Crippen LogP contribution in [-0.2, 0) is 17.8 Å². The quantitative estimate of drug-likeness (QED) is 0.545. The van der Waals surface area contributed by atoms with E-state index in [1.807, 2.05) is 24.3 Å². The number of carbonyl (C=O) groups is 1. The summed E-state index contributed by atoms with van der Waals surface area (Å²) < 4.78 is 7.77. The van der Waals surface area contributed by atoms with E-state index in [2.05, 4.69) is 67.1 Å². The van der Waals surface area contributed by atoms with E-state index in [0.717, 1.165) is 47.5 Å². The standard InChI is InChI=1S/C27H33N3O2/c1-18-16-30(19(2)21(18)10-8-14-29(3)4)17-24-23-13-12-20(15-25(23)28-27(24)31)22-9-6-7-11-26(22)32-5/h6-7,9,11-13,15-16,24H,8,10,14,17H2,1-5H3,(H,28,31). The Morgan fingerprint density at radius 2 is 1.91 bits per heavy atom. The van der Waals surface area contributed by atoms with Crippen LogP contribution in [0.1, 0.15) is 34.7 Å². The third kappa shape index (κ3) is 4.30. The molecule has 168 valence electrons. The van der Waals surface area contributed by atoms with E-state index in [-0.39, 0.29) is 11.8 Å². The van der Waals surface area contributed by atoms with Gasteiger partial charge in [0.25, 0.3) is 0 Å². The van der Waals surface area contributed by atoms with Gasteiger partial charge in [-0.1, -0.05) is 30.3 Å². The van der Waals surface area contributed by atoms with Crippen molar-refractivity contribution in [1.82, 2.24) is 9.47 Å². The molecule has 1 aromatic heterocycles. The lowest BCUT2D eigenvalue weighted by Crippen LogP contribution is -2.18. The molecule has 1 aliphatic rings. The fourth-order valence-electron chi connectivity index (χ4n) is 4.77. The van der Waals surface area contributed by atoms with Crippen molar-refractivity contribution >= 4 is 11.6 Å². The molecule has 1 amide bonds. The average Bonchev–Trinajstić information content (AvgIpc) is 3.23. The van der Waals surface area contributed by atoms with Crippen molar-refractivity contribution in [3.63, 3.8) is 0 Å². The summed E-state index contributed by atoms with van der Waals surface area (Å²) in [6.45, 7) is 6.09. The number of nitrogens with zero attached hydrogens (tertiary/aromatic N) is 2. The van der Waals surface area contributed by atoms with Crippen LogP contribution in [0.2, 0.25) is 0 Å². The third-order valence-electron chi connectivity index (χ3n) is 6.53. The van der Waals surface area contributed by atoms with Crippen LogP contribution in [0, 0.1) is 13.8 Å². The second kappa shape index (κ2) is 9.21. The lowest BCUT2D eigenvalue weighted by molar-refractivity contribution is -0.117. The summed E-state index contributed by atoms with van der Waals surface area (Å²) in [5.41, 5.74) is 8.02. The van der Waals surface area contributed by atoms with Gasteiger partial charge in [-0.3, -0.25) is 4.79 Å². The molecule has 2 heterocycles. The van der Waals surface area contributed by atoms with Crippen LogP contribution in [0.3, 0.4) is 0 Å². The molecule has 0 aliphatic carbocycles. The molecule has 0 saturated heterocycles. The zero-order valence-corrected chi connectivity index (χ0v) is 19.7. The molecule has 32 heavy (non-hydrogen) atoms. The molecule has 1 unspecified atom stereocenters. The van der Waals surface area contributed by atoms with Gasteiger partial charge in [0.15, 0.2) is 0 Å². The molecule has 1 N–H and O–H groups in total. The fourth-order valence-corrected chi connectivity index (χ4v) is 4.77. The molecule has 1 aliphatic heterocycles. The minimum atomic E-state index is -0.183. The molecule has 0 spiro atoms. The first-order chi connectivity index (χ1) is 15.4. The molecule has 0 saturated carbocycles. The molecular formula is C27H33N3O2. The van der Waals surface area contributed by atoms with E-state index in [0.29, 0.717) is 6.54 Å². The van der Waals surface area contributed by atoms with Crippen LogP contribution in [0.15, 0.2) is 48.7 Å². The number of carbonyl (C=O) groups excluding carboxylic acids is 1. The number of hydrogen-bond acceptors (Lipinski definition) is 3. The smallest absolute Gasteiger partial charge is 0.233 e. The number of hydrogen-bond donors (Lipinski definition) is 1. The summed E-state index contributed by atoms with van der Waals surface area (Å²) in [6, 6.07) is 14.2. The summed E-state index contributed by atoms with van der Waals surface area (Å²) in [4.78, 5) is 15.1. The number of benzene rings is 2. The molecule has 2 aromatic carbocycles. The van der Waals surface area contributed by atoms with Crippen molar-refractivity contribution in [3.8, 4) is 16.9 Å². The van der Waals surface area contributed by atoms with E-state index in [1.165, 1.54) is 16.8 Å². The Hall–Kier alpha value is -3.05. The topological polar surface area (TPSA) is 46.5 Å². The summed E-state index contributed by atoms with van der Waals surface area (Å²) in [6.07, 6.45) is 4.41. The zero-order valence-electron chi connectivity index (χ0n) is 19.7. The highest BCUT2D eigenvalue weighted by Crippen LogP contribution is 2.39. The van der Waals surface area contributed by atoms with Gasteiger partial charge in [0.1, 0.15) is 5.75 Å². The molecule has 0 fully saturated rings. The number of nitrogens with one attached hydrogen (secondary N) is 1. The first kappa shape index (κ1) is 22.2. The Bertz CT molecular complexity index is 1130. The van der Waals surface area contributed by atoms with Crippen LogP contribution in [0.5, 0.6) is 5.75 Å². The third-order valence-corrected chi connectivity index (χ3v) is 6.53. The maximum absolute atomic E-state index is 12.9. The van der Waals surface area contributed by atoms with Gasteiger partial charge in [-0.05, 0) is 81.7 Å². The monoisotopic (exact) mass is 431 g/mol. The fraction of sp³-hybridized carbons (Fsp3) is 0.370. The van der Waals surface area contributed by atoms with Crippen LogP contribution in [-0.4, -0.2) is 43.1 Å². The van der Waals surface area contributed by atoms with Gasteiger partial charge in [0.05, 0.1) is 13.0 Å². The van der Waals surface area contributed by atoms with Gasteiger partial charge in [-0.25, -0.2) is 0 Å². The van der Waals surface area contributed by atoms with Crippen molar-refractivity contribution in [2.75, 3.05) is 33.1 Å². The van der Waals surface area contributed by atoms with Gasteiger partial charge in [0, 0.05) is 29.7 Å². The van der Waals surface area contributed by atoms with E-state index in [9.17, 15) is 4.79 Å². The molecule has 1 atom stereocenters. The van der Waals surface area contributed by atoms with Crippen molar-refractivity contribution in [3.05, 3.63) is 71.0 Å². The maximum Gasteiger partial charge on any atom is 0.233 e. The molecule has 5 heteroatoms. The van der Waals surface area contributed by atoms with Crippen LogP contribution in [0.25, 0.3) is 11.1 Å². The van der Waals surface area contributed by atoms with Gasteiger partial charge in [-0.15, -0.1) is 0 Å². The zero-order chi connectivity index (χ0) is 22.8. The lowest BCUT2D eigenvalue weighted by Gasteiger charge is -2.14. The first-order valence-corrected chi connectivity index (χ1v) is 11.3. The number of para-hydroxylation sites is 1. The number of aromatic nitrogens is 1. The normalized spacial score (nSPS) is 15.2. The molecule has 3 aromatic rings. The SMILES string of the molecule is COc1ccccc1-c1ccc2c(c1)NC(=O)C2Cn1cc(C)c(CCCN(C)C)c1C. The van der Waals surface area contributed by atoms with Crippen molar-refractivity contribution in [2.45, 2.75) is 39.2 Å². The first-order valence-electron chi connectivity index (χ1n) is 11.3. The van der Waals surface area contributed by atoms with Crippen LogP contribution < -0.4 is 10.1 Å². The number of fused-ring (bicyclic) bond motifs is 1. The summed E-state index contributed by atoms with van der Waals surface area (Å²) >= 11 is 0. The average molecular weight is 432 g/mol. The predicted octanol–water partition coefficient (Wildman–Crippen LogP) is 5.01. The summed E-state index contributed by atoms with van der Waals surface area (Å²) in [5.74, 6) is 0.711. The molecule has 4 rings (SSSR count). The lowest BCUT2D eigenvalue weighted by atomic mass is 9.96. The van der Waals surface area contributed by atoms with E-state index in [4.69, 9.17) is 4.74 Å². The Morgan fingerprint density at radius 3 is 2.66 bits per heavy atom. The van der Waals surface area contributed by atoms with E-state index in [1.54, 1.807) is 7.11 Å².